The van der Waals surface area contributed by atoms with Gasteiger partial charge in [0.2, 0.25) is 0 Å². The summed E-state index contributed by atoms with van der Waals surface area (Å²) >= 11 is 0. The van der Waals surface area contributed by atoms with Gasteiger partial charge in [-0.05, 0) is 31.9 Å². The van der Waals surface area contributed by atoms with Crippen molar-refractivity contribution in [2.75, 3.05) is 13.1 Å². The molecule has 110 valence electrons. The smallest absolute Gasteiger partial charge is 0.257 e. The molecule has 1 amide bonds. The van der Waals surface area contributed by atoms with Gasteiger partial charge in [0.15, 0.2) is 0 Å². The fraction of sp³-hybridized carbons (Fsp3) is 0.375. The topological polar surface area (TPSA) is 66.6 Å². The van der Waals surface area contributed by atoms with Crippen LogP contribution in [0.25, 0.3) is 0 Å². The van der Waals surface area contributed by atoms with E-state index in [0.717, 1.165) is 5.56 Å². The maximum atomic E-state index is 12.4. The van der Waals surface area contributed by atoms with Gasteiger partial charge in [0.25, 0.3) is 5.91 Å². The highest BCUT2D eigenvalue weighted by molar-refractivity contribution is 5.95. The molecule has 1 aliphatic heterocycles. The molecule has 0 saturated carbocycles. The van der Waals surface area contributed by atoms with Crippen LogP contribution < -0.4 is 0 Å². The van der Waals surface area contributed by atoms with Crippen molar-refractivity contribution in [1.82, 2.24) is 9.88 Å². The van der Waals surface area contributed by atoms with Gasteiger partial charge in [-0.15, -0.1) is 0 Å². The number of rotatable bonds is 2. The van der Waals surface area contributed by atoms with Crippen LogP contribution in [0, 0.1) is 6.92 Å². The van der Waals surface area contributed by atoms with E-state index >= 15 is 0 Å². The van der Waals surface area contributed by atoms with E-state index in [0.29, 0.717) is 37.3 Å². The Labute approximate surface area is 123 Å². The Morgan fingerprint density at radius 2 is 2.14 bits per heavy atom. The number of carbonyl (C=O) groups excluding carboxylic acids is 1. The number of piperidine rings is 1. The van der Waals surface area contributed by atoms with Gasteiger partial charge in [-0.25, -0.2) is 0 Å². The van der Waals surface area contributed by atoms with E-state index in [9.17, 15) is 9.90 Å². The molecule has 0 spiro atoms. The van der Waals surface area contributed by atoms with Crippen molar-refractivity contribution in [2.45, 2.75) is 25.4 Å². The van der Waals surface area contributed by atoms with Crippen LogP contribution in [0.4, 0.5) is 0 Å². The predicted molar refractivity (Wildman–Crippen MR) is 76.7 cm³/mol. The monoisotopic (exact) mass is 286 g/mol. The van der Waals surface area contributed by atoms with Crippen molar-refractivity contribution in [1.29, 1.82) is 0 Å². The fourth-order valence-electron chi connectivity index (χ4n) is 2.78. The van der Waals surface area contributed by atoms with E-state index < -0.39 is 5.60 Å². The lowest BCUT2D eigenvalue weighted by Crippen LogP contribution is -2.45. The molecule has 0 unspecified atom stereocenters. The number of carbonyl (C=O) groups is 1. The summed E-state index contributed by atoms with van der Waals surface area (Å²) in [5.74, 6) is 0.600. The minimum atomic E-state index is -0.892. The van der Waals surface area contributed by atoms with Crippen molar-refractivity contribution in [2.24, 2.45) is 0 Å². The maximum absolute atomic E-state index is 12.4. The van der Waals surface area contributed by atoms with Gasteiger partial charge in [-0.3, -0.25) is 9.78 Å². The van der Waals surface area contributed by atoms with Crippen LogP contribution in [-0.4, -0.2) is 34.0 Å². The van der Waals surface area contributed by atoms with E-state index in [1.165, 1.54) is 6.26 Å². The van der Waals surface area contributed by atoms with Crippen molar-refractivity contribution in [3.8, 4) is 0 Å². The third-order valence-corrected chi connectivity index (χ3v) is 4.17. The van der Waals surface area contributed by atoms with Crippen LogP contribution in [-0.2, 0) is 5.60 Å². The molecular formula is C16H18N2O3. The Kier molecular flexibility index (Phi) is 3.51. The molecule has 1 saturated heterocycles. The zero-order valence-corrected chi connectivity index (χ0v) is 12.0. The van der Waals surface area contributed by atoms with Gasteiger partial charge in [0.05, 0.1) is 17.4 Å². The first-order valence-electron chi connectivity index (χ1n) is 7.06. The first-order chi connectivity index (χ1) is 10.1. The molecule has 0 radical (unpaired) electrons. The molecule has 21 heavy (non-hydrogen) atoms. The summed E-state index contributed by atoms with van der Waals surface area (Å²) in [5.41, 5.74) is 0.523. The van der Waals surface area contributed by atoms with Crippen LogP contribution in [0.5, 0.6) is 0 Å². The zero-order valence-electron chi connectivity index (χ0n) is 12.0. The van der Waals surface area contributed by atoms with Crippen molar-refractivity contribution >= 4 is 5.91 Å². The van der Waals surface area contributed by atoms with Crippen molar-refractivity contribution in [3.05, 3.63) is 53.7 Å². The molecule has 1 aliphatic rings. The molecule has 0 aromatic carbocycles. The largest absolute Gasteiger partial charge is 0.469 e. The highest BCUT2D eigenvalue weighted by Gasteiger charge is 2.36. The van der Waals surface area contributed by atoms with E-state index in [-0.39, 0.29) is 5.91 Å². The highest BCUT2D eigenvalue weighted by Crippen LogP contribution is 2.32. The second-order valence-corrected chi connectivity index (χ2v) is 5.46. The Hall–Kier alpha value is -2.14. The van der Waals surface area contributed by atoms with Crippen LogP contribution in [0.15, 0.2) is 41.3 Å². The van der Waals surface area contributed by atoms with Gasteiger partial charge >= 0.3 is 0 Å². The molecule has 3 rings (SSSR count). The first-order valence-corrected chi connectivity index (χ1v) is 7.06. The average molecular weight is 286 g/mol. The van der Waals surface area contributed by atoms with Crippen molar-refractivity contribution < 1.29 is 14.3 Å². The van der Waals surface area contributed by atoms with Gasteiger partial charge in [0, 0.05) is 31.0 Å². The second-order valence-electron chi connectivity index (χ2n) is 5.46. The molecular weight excluding hydrogens is 268 g/mol. The van der Waals surface area contributed by atoms with Gasteiger partial charge < -0.3 is 14.4 Å². The second kappa shape index (κ2) is 5.33. The molecule has 0 bridgehead atoms. The summed E-state index contributed by atoms with van der Waals surface area (Å²) in [5, 5.41) is 10.7. The van der Waals surface area contributed by atoms with Crippen LogP contribution >= 0.6 is 0 Å². The third-order valence-electron chi connectivity index (χ3n) is 4.17. The van der Waals surface area contributed by atoms with Gasteiger partial charge in [-0.1, -0.05) is 6.07 Å². The van der Waals surface area contributed by atoms with Gasteiger partial charge in [0.1, 0.15) is 5.76 Å². The minimum absolute atomic E-state index is 0.0329. The molecule has 5 nitrogen and oxygen atoms in total. The standard InChI is InChI=1S/C16H18N2O3/c1-12-14(4-10-21-12)15(19)18-8-5-16(20,6-9-18)13-3-2-7-17-11-13/h2-4,7,10-11,20H,5-6,8-9H2,1H3. The number of nitrogens with zero attached hydrogens (tertiary/aromatic N) is 2. The number of aryl methyl sites for hydroxylation is 1. The van der Waals surface area contributed by atoms with E-state index in [1.54, 1.807) is 30.3 Å². The fourth-order valence-corrected chi connectivity index (χ4v) is 2.78. The average Bonchev–Trinajstić information content (AvgIpc) is 2.94. The lowest BCUT2D eigenvalue weighted by Gasteiger charge is -2.38. The normalized spacial score (nSPS) is 17.7. The number of aromatic nitrogens is 1. The molecule has 0 aliphatic carbocycles. The lowest BCUT2D eigenvalue weighted by molar-refractivity contribution is -0.0214. The molecule has 2 aromatic rings. The molecule has 1 fully saturated rings. The van der Waals surface area contributed by atoms with E-state index in [4.69, 9.17) is 4.42 Å². The summed E-state index contributed by atoms with van der Waals surface area (Å²) in [6.07, 6.45) is 5.94. The zero-order chi connectivity index (χ0) is 14.9. The molecule has 5 heteroatoms. The summed E-state index contributed by atoms with van der Waals surface area (Å²) in [6.45, 7) is 2.83. The summed E-state index contributed by atoms with van der Waals surface area (Å²) < 4.78 is 5.18. The summed E-state index contributed by atoms with van der Waals surface area (Å²) in [4.78, 5) is 18.2. The summed E-state index contributed by atoms with van der Waals surface area (Å²) in [7, 11) is 0. The van der Waals surface area contributed by atoms with Crippen LogP contribution in [0.2, 0.25) is 0 Å². The Balaban J connectivity index is 1.71. The molecule has 2 aromatic heterocycles. The Bertz CT molecular complexity index is 628. The number of hydrogen-bond acceptors (Lipinski definition) is 4. The SMILES string of the molecule is Cc1occc1C(=O)N1CCC(O)(c2cccnc2)CC1. The number of furan rings is 1. The third kappa shape index (κ3) is 2.56. The minimum Gasteiger partial charge on any atom is -0.469 e. The molecule has 1 N–H and O–H groups in total. The van der Waals surface area contributed by atoms with E-state index in [1.807, 2.05) is 12.1 Å². The molecule has 3 heterocycles. The maximum Gasteiger partial charge on any atom is 0.257 e. The van der Waals surface area contributed by atoms with Crippen LogP contribution in [0.1, 0.15) is 34.5 Å². The Morgan fingerprint density at radius 3 is 2.71 bits per heavy atom. The van der Waals surface area contributed by atoms with E-state index in [2.05, 4.69) is 4.98 Å². The number of aliphatic hydroxyl groups is 1. The predicted octanol–water partition coefficient (Wildman–Crippen LogP) is 2.11. The highest BCUT2D eigenvalue weighted by atomic mass is 16.3. The van der Waals surface area contributed by atoms with Gasteiger partial charge in [-0.2, -0.15) is 0 Å². The summed E-state index contributed by atoms with van der Waals surface area (Å²) in [6, 6.07) is 5.39. The number of likely N-dealkylation sites (tertiary alicyclic amines) is 1. The number of amides is 1. The number of hydrogen-bond donors (Lipinski definition) is 1. The molecule has 0 atom stereocenters. The lowest BCUT2D eigenvalue weighted by atomic mass is 9.85. The van der Waals surface area contributed by atoms with Crippen LogP contribution in [0.3, 0.4) is 0 Å². The van der Waals surface area contributed by atoms with Crippen molar-refractivity contribution in [3.63, 3.8) is 0 Å². The number of pyridine rings is 1. The first kappa shape index (κ1) is 13.8. The quantitative estimate of drug-likeness (QED) is 0.918. The Morgan fingerprint density at radius 1 is 1.38 bits per heavy atom.